The Morgan fingerprint density at radius 1 is 1.53 bits per heavy atom. The number of nitrogens with zero attached hydrogens (tertiary/aromatic N) is 1. The van der Waals surface area contributed by atoms with Crippen LogP contribution in [0.15, 0.2) is 10.9 Å². The lowest BCUT2D eigenvalue weighted by atomic mass is 10.3. The first-order valence-electron chi connectivity index (χ1n) is 4.07. The zero-order valence-electron chi connectivity index (χ0n) is 7.97. The van der Waals surface area contributed by atoms with Gasteiger partial charge in [-0.15, -0.1) is 0 Å². The molecule has 15 heavy (non-hydrogen) atoms. The number of hydrogen-bond acceptors (Lipinski definition) is 4. The first kappa shape index (κ1) is 11.7. The number of rotatable bonds is 3. The van der Waals surface area contributed by atoms with E-state index in [9.17, 15) is 18.3 Å². The Balaban J connectivity index is 3.01. The molecule has 0 spiro atoms. The summed E-state index contributed by atoms with van der Waals surface area (Å²) in [6.45, 7) is 1.27. The molecule has 0 fully saturated rings. The lowest BCUT2D eigenvalue weighted by molar-refractivity contribution is 0.407. The van der Waals surface area contributed by atoms with E-state index in [1.807, 2.05) is 0 Å². The second kappa shape index (κ2) is 4.03. The molecule has 0 atom stereocenters. The number of aryl methyl sites for hydroxylation is 1. The van der Waals surface area contributed by atoms with Gasteiger partial charge in [0.1, 0.15) is 0 Å². The molecule has 6 nitrogen and oxygen atoms in total. The third-order valence-electron chi connectivity index (χ3n) is 1.74. The zero-order chi connectivity index (χ0) is 11.6. The zero-order valence-corrected chi connectivity index (χ0v) is 8.78. The van der Waals surface area contributed by atoms with Crippen LogP contribution in [-0.4, -0.2) is 28.4 Å². The van der Waals surface area contributed by atoms with Gasteiger partial charge >= 0.3 is 0 Å². The lowest BCUT2D eigenvalue weighted by Gasteiger charge is -2.06. The lowest BCUT2D eigenvalue weighted by Crippen LogP contribution is -2.23. The molecule has 1 aromatic heterocycles. The molecule has 7 heteroatoms. The third kappa shape index (κ3) is 3.37. The average Bonchev–Trinajstić information content (AvgIpc) is 1.99. The molecule has 0 bridgehead atoms. The van der Waals surface area contributed by atoms with Crippen molar-refractivity contribution in [2.45, 2.75) is 13.5 Å². The van der Waals surface area contributed by atoms with Gasteiger partial charge in [-0.3, -0.25) is 13.9 Å². The van der Waals surface area contributed by atoms with Crippen molar-refractivity contribution >= 4 is 10.1 Å². The molecule has 1 aromatic rings. The third-order valence-corrected chi connectivity index (χ3v) is 2.44. The molecule has 0 aliphatic carbocycles. The van der Waals surface area contributed by atoms with Gasteiger partial charge < -0.3 is 5.11 Å². The molecule has 0 amide bonds. The minimum Gasteiger partial charge on any atom is -0.494 e. The van der Waals surface area contributed by atoms with Crippen LogP contribution in [0.5, 0.6) is 5.88 Å². The molecule has 2 N–H and O–H groups in total. The molecule has 0 saturated heterocycles. The average molecular weight is 232 g/mol. The Kier molecular flexibility index (Phi) is 3.15. The summed E-state index contributed by atoms with van der Waals surface area (Å²) in [7, 11) is -4.15. The van der Waals surface area contributed by atoms with E-state index < -0.39 is 27.3 Å². The van der Waals surface area contributed by atoms with E-state index in [1.165, 1.54) is 6.07 Å². The molecule has 1 rings (SSSR count). The SMILES string of the molecule is Cc1[c]c(O)n(CCS(=O)(=O)O)c(=O)c1. The van der Waals surface area contributed by atoms with Gasteiger partial charge in [-0.25, -0.2) is 0 Å². The summed E-state index contributed by atoms with van der Waals surface area (Å²) in [5, 5.41) is 9.30. The molecule has 0 aliphatic rings. The maximum atomic E-state index is 11.3. The fourth-order valence-electron chi connectivity index (χ4n) is 1.07. The Hall–Kier alpha value is -1.34. The highest BCUT2D eigenvalue weighted by Gasteiger charge is 2.09. The van der Waals surface area contributed by atoms with Gasteiger partial charge in [0.15, 0.2) is 0 Å². The van der Waals surface area contributed by atoms with Crippen molar-refractivity contribution in [2.75, 3.05) is 5.75 Å². The van der Waals surface area contributed by atoms with E-state index in [4.69, 9.17) is 4.55 Å². The molecular weight excluding hydrogens is 222 g/mol. The minimum absolute atomic E-state index is 0.305. The second-order valence-corrected chi connectivity index (χ2v) is 4.62. The molecular formula is C8H10NO5S. The maximum Gasteiger partial charge on any atom is 0.266 e. The summed E-state index contributed by atoms with van der Waals surface area (Å²) >= 11 is 0. The highest BCUT2D eigenvalue weighted by atomic mass is 32.2. The van der Waals surface area contributed by atoms with Gasteiger partial charge in [0.05, 0.1) is 11.8 Å². The Bertz CT molecular complexity index is 516. The quantitative estimate of drug-likeness (QED) is 0.688. The summed E-state index contributed by atoms with van der Waals surface area (Å²) in [5.41, 5.74) is -0.0759. The van der Waals surface area contributed by atoms with Crippen LogP contribution in [0.3, 0.4) is 0 Å². The summed E-state index contributed by atoms with van der Waals surface area (Å²) in [5.74, 6) is -1.07. The molecule has 83 valence electrons. The predicted octanol–water partition coefficient (Wildman–Crippen LogP) is -0.450. The van der Waals surface area contributed by atoms with Crippen LogP contribution in [0, 0.1) is 13.0 Å². The maximum absolute atomic E-state index is 11.3. The van der Waals surface area contributed by atoms with E-state index in [0.717, 1.165) is 4.57 Å². The van der Waals surface area contributed by atoms with E-state index >= 15 is 0 Å². The fraction of sp³-hybridized carbons (Fsp3) is 0.375. The van der Waals surface area contributed by atoms with E-state index in [1.54, 1.807) is 6.92 Å². The molecule has 0 aromatic carbocycles. The van der Waals surface area contributed by atoms with Crippen LogP contribution < -0.4 is 5.56 Å². The van der Waals surface area contributed by atoms with Crippen molar-refractivity contribution in [3.05, 3.63) is 28.0 Å². The van der Waals surface area contributed by atoms with Crippen LogP contribution in [-0.2, 0) is 16.7 Å². The summed E-state index contributed by atoms with van der Waals surface area (Å²) < 4.78 is 30.2. The first-order chi connectivity index (χ1) is 6.79. The standard InChI is InChI=1S/C8H10NO5S/c1-6-4-7(10)9(8(11)5-6)2-3-15(12,13)14/h4,11H,2-3H2,1H3,(H,12,13,14). The minimum atomic E-state index is -4.15. The van der Waals surface area contributed by atoms with Gasteiger partial charge in [0, 0.05) is 12.6 Å². The van der Waals surface area contributed by atoms with Crippen molar-refractivity contribution in [3.8, 4) is 5.88 Å². The van der Waals surface area contributed by atoms with E-state index in [-0.39, 0.29) is 6.54 Å². The van der Waals surface area contributed by atoms with Crippen molar-refractivity contribution in [2.24, 2.45) is 0 Å². The normalized spacial score (nSPS) is 11.6. The Labute approximate surface area is 86.5 Å². The van der Waals surface area contributed by atoms with Gasteiger partial charge in [-0.05, 0) is 12.5 Å². The Morgan fingerprint density at radius 3 is 2.60 bits per heavy atom. The van der Waals surface area contributed by atoms with E-state index in [0.29, 0.717) is 5.56 Å². The second-order valence-electron chi connectivity index (χ2n) is 3.05. The summed E-state index contributed by atoms with van der Waals surface area (Å²) in [6, 6.07) is 3.67. The fourth-order valence-corrected chi connectivity index (χ4v) is 1.48. The van der Waals surface area contributed by atoms with Gasteiger partial charge in [0.2, 0.25) is 5.88 Å². The van der Waals surface area contributed by atoms with Crippen LogP contribution in [0.1, 0.15) is 5.56 Å². The van der Waals surface area contributed by atoms with Crippen LogP contribution >= 0.6 is 0 Å². The van der Waals surface area contributed by atoms with Crippen molar-refractivity contribution < 1.29 is 18.1 Å². The van der Waals surface area contributed by atoms with Crippen LogP contribution in [0.4, 0.5) is 0 Å². The Morgan fingerprint density at radius 2 is 2.13 bits per heavy atom. The number of aromatic hydroxyl groups is 1. The number of hydrogen-bond donors (Lipinski definition) is 2. The largest absolute Gasteiger partial charge is 0.494 e. The molecule has 0 saturated carbocycles. The monoisotopic (exact) mass is 232 g/mol. The van der Waals surface area contributed by atoms with Crippen molar-refractivity contribution in [3.63, 3.8) is 0 Å². The highest BCUT2D eigenvalue weighted by molar-refractivity contribution is 7.85. The molecule has 1 heterocycles. The van der Waals surface area contributed by atoms with Gasteiger partial charge in [-0.1, -0.05) is 0 Å². The predicted molar refractivity (Wildman–Crippen MR) is 52.4 cm³/mol. The molecule has 0 aliphatic heterocycles. The van der Waals surface area contributed by atoms with Crippen molar-refractivity contribution in [1.29, 1.82) is 0 Å². The van der Waals surface area contributed by atoms with Crippen LogP contribution in [0.25, 0.3) is 0 Å². The molecule has 1 radical (unpaired) electrons. The summed E-state index contributed by atoms with van der Waals surface area (Å²) in [4.78, 5) is 11.3. The summed E-state index contributed by atoms with van der Waals surface area (Å²) in [6.07, 6.45) is 0. The first-order valence-corrected chi connectivity index (χ1v) is 5.68. The van der Waals surface area contributed by atoms with Gasteiger partial charge in [-0.2, -0.15) is 8.42 Å². The van der Waals surface area contributed by atoms with Crippen molar-refractivity contribution in [1.82, 2.24) is 4.57 Å². The number of aromatic nitrogens is 1. The van der Waals surface area contributed by atoms with E-state index in [2.05, 4.69) is 6.07 Å². The topological polar surface area (TPSA) is 96.6 Å². The number of pyridine rings is 1. The highest BCUT2D eigenvalue weighted by Crippen LogP contribution is 2.06. The van der Waals surface area contributed by atoms with Crippen LogP contribution in [0.2, 0.25) is 0 Å². The van der Waals surface area contributed by atoms with Gasteiger partial charge in [0.25, 0.3) is 15.7 Å². The molecule has 0 unspecified atom stereocenters. The smallest absolute Gasteiger partial charge is 0.266 e.